The van der Waals surface area contributed by atoms with Crippen LogP contribution in [-0.2, 0) is 4.79 Å². The largest absolute Gasteiger partial charge is 0.495 e. The fourth-order valence-electron chi connectivity index (χ4n) is 4.36. The molecule has 0 spiro atoms. The van der Waals surface area contributed by atoms with E-state index in [2.05, 4.69) is 31.5 Å². The number of nitrogens with one attached hydrogen (secondary N) is 2. The van der Waals surface area contributed by atoms with Gasteiger partial charge in [0.15, 0.2) is 5.11 Å². The molecule has 2 N–H and O–H groups in total. The highest BCUT2D eigenvalue weighted by Crippen LogP contribution is 2.36. The molecule has 0 aliphatic carbocycles. The number of ether oxygens (including phenoxy) is 1. The number of halogens is 2. The molecule has 0 radical (unpaired) electrons. The molecule has 0 saturated carbocycles. The molecule has 0 unspecified atom stereocenters. The van der Waals surface area contributed by atoms with Crippen molar-refractivity contribution in [2.24, 2.45) is 5.92 Å². The fourth-order valence-corrected chi connectivity index (χ4v) is 5.61. The van der Waals surface area contributed by atoms with Crippen LogP contribution in [0.4, 0.5) is 11.4 Å². The van der Waals surface area contributed by atoms with E-state index in [1.807, 2.05) is 55.1 Å². The van der Waals surface area contributed by atoms with Crippen LogP contribution in [0, 0.1) is 5.92 Å². The third-order valence-electron chi connectivity index (χ3n) is 6.25. The number of hydrogen-bond acceptors (Lipinski definition) is 5. The van der Waals surface area contributed by atoms with Crippen molar-refractivity contribution in [1.82, 2.24) is 10.2 Å². The Labute approximate surface area is 235 Å². The molecular weight excluding hydrogens is 576 g/mol. The minimum Gasteiger partial charge on any atom is -0.495 e. The lowest BCUT2D eigenvalue weighted by atomic mass is 10.1. The third kappa shape index (κ3) is 6.00. The average Bonchev–Trinajstić information content (AvgIpc) is 2.88. The van der Waals surface area contributed by atoms with E-state index in [1.54, 1.807) is 12.1 Å². The van der Waals surface area contributed by atoms with Gasteiger partial charge in [-0.2, -0.15) is 0 Å². The highest BCUT2D eigenvalue weighted by atomic mass is 79.9. The molecule has 7 nitrogen and oxygen atoms in total. The van der Waals surface area contributed by atoms with Gasteiger partial charge in [-0.25, -0.2) is 0 Å². The number of benzene rings is 3. The molecule has 3 aromatic carbocycles. The van der Waals surface area contributed by atoms with Gasteiger partial charge in [-0.15, -0.1) is 0 Å². The molecule has 1 aliphatic rings. The zero-order chi connectivity index (χ0) is 26.7. The summed E-state index contributed by atoms with van der Waals surface area (Å²) >= 11 is 15.5. The highest BCUT2D eigenvalue weighted by Gasteiger charge is 2.24. The Bertz CT molecular complexity index is 1360. The smallest absolute Gasteiger partial charge is 0.261 e. The standard InChI is InChI=1S/C27H28BrClN4O3S/c1-16(2)26(35)33-12-10-32(11-13-33)22-9-8-18(15-21(22)29)30-27(37)31-25(34)20-14-17-6-4-5-7-19(17)23(28)24(20)36-3/h4-9,14-16H,10-13H2,1-3H3,(H2,30,31,34,37). The quantitative estimate of drug-likeness (QED) is 0.365. The predicted octanol–water partition coefficient (Wildman–Crippen LogP) is 5.70. The van der Waals surface area contributed by atoms with Crippen molar-refractivity contribution in [2.45, 2.75) is 13.8 Å². The van der Waals surface area contributed by atoms with Gasteiger partial charge >= 0.3 is 0 Å². The van der Waals surface area contributed by atoms with Crippen molar-refractivity contribution in [2.75, 3.05) is 43.5 Å². The van der Waals surface area contributed by atoms with Crippen LogP contribution in [0.25, 0.3) is 10.8 Å². The van der Waals surface area contributed by atoms with Gasteiger partial charge in [0.2, 0.25) is 5.91 Å². The number of methoxy groups -OCH3 is 1. The number of carbonyl (C=O) groups excluding carboxylic acids is 2. The first-order chi connectivity index (χ1) is 17.7. The van der Waals surface area contributed by atoms with Gasteiger partial charge in [-0.1, -0.05) is 49.7 Å². The second-order valence-corrected chi connectivity index (χ2v) is 10.6. The summed E-state index contributed by atoms with van der Waals surface area (Å²) in [5, 5.41) is 8.29. The van der Waals surface area contributed by atoms with E-state index < -0.39 is 5.91 Å². The normalized spacial score (nSPS) is 13.6. The van der Waals surface area contributed by atoms with Crippen LogP contribution in [0.1, 0.15) is 24.2 Å². The average molecular weight is 604 g/mol. The molecular formula is C27H28BrClN4O3S. The first-order valence-electron chi connectivity index (χ1n) is 11.9. The number of carbonyl (C=O) groups is 2. The van der Waals surface area contributed by atoms with Crippen molar-refractivity contribution in [1.29, 1.82) is 0 Å². The van der Waals surface area contributed by atoms with Crippen molar-refractivity contribution in [3.8, 4) is 5.75 Å². The van der Waals surface area contributed by atoms with Crippen molar-refractivity contribution >= 4 is 78.8 Å². The molecule has 1 fully saturated rings. The maximum atomic E-state index is 13.1. The van der Waals surface area contributed by atoms with E-state index in [4.69, 9.17) is 28.6 Å². The molecule has 3 aromatic rings. The van der Waals surface area contributed by atoms with Gasteiger partial charge in [0.1, 0.15) is 5.75 Å². The Morgan fingerprint density at radius 3 is 2.43 bits per heavy atom. The Morgan fingerprint density at radius 1 is 1.08 bits per heavy atom. The van der Waals surface area contributed by atoms with E-state index in [9.17, 15) is 9.59 Å². The van der Waals surface area contributed by atoms with Crippen LogP contribution < -0.4 is 20.3 Å². The molecule has 194 valence electrons. The lowest BCUT2D eigenvalue weighted by Gasteiger charge is -2.37. The number of fused-ring (bicyclic) bond motifs is 1. The van der Waals surface area contributed by atoms with Gasteiger partial charge in [-0.3, -0.25) is 14.9 Å². The number of piperazine rings is 1. The molecule has 0 aromatic heterocycles. The fraction of sp³-hybridized carbons (Fsp3) is 0.296. The van der Waals surface area contributed by atoms with Crippen LogP contribution >= 0.6 is 39.7 Å². The molecule has 0 bridgehead atoms. The molecule has 2 amide bonds. The van der Waals surface area contributed by atoms with Crippen molar-refractivity contribution < 1.29 is 14.3 Å². The summed E-state index contributed by atoms with van der Waals surface area (Å²) in [4.78, 5) is 29.4. The van der Waals surface area contributed by atoms with Gasteiger partial charge in [0, 0.05) is 37.8 Å². The molecule has 1 saturated heterocycles. The summed E-state index contributed by atoms with van der Waals surface area (Å²) in [5.41, 5.74) is 1.91. The van der Waals surface area contributed by atoms with Gasteiger partial charge in [0.25, 0.3) is 5.91 Å². The number of thiocarbonyl (C=S) groups is 1. The maximum Gasteiger partial charge on any atom is 0.261 e. The number of nitrogens with zero attached hydrogens (tertiary/aromatic N) is 2. The first-order valence-corrected chi connectivity index (χ1v) is 13.5. The maximum absolute atomic E-state index is 13.1. The summed E-state index contributed by atoms with van der Waals surface area (Å²) < 4.78 is 6.21. The molecule has 0 atom stereocenters. The Balaban J connectivity index is 1.41. The second kappa shape index (κ2) is 11.7. The minimum atomic E-state index is -0.391. The van der Waals surface area contributed by atoms with Gasteiger partial charge in [-0.05, 0) is 63.2 Å². The molecule has 10 heteroatoms. The zero-order valence-corrected chi connectivity index (χ0v) is 24.0. The van der Waals surface area contributed by atoms with E-state index in [0.29, 0.717) is 52.7 Å². The third-order valence-corrected chi connectivity index (χ3v) is 7.54. The molecule has 1 aliphatic heterocycles. The van der Waals surface area contributed by atoms with Crippen LogP contribution in [0.3, 0.4) is 0 Å². The minimum absolute atomic E-state index is 0.00586. The van der Waals surface area contributed by atoms with Crippen LogP contribution in [-0.4, -0.2) is 55.1 Å². The topological polar surface area (TPSA) is 73.9 Å². The summed E-state index contributed by atoms with van der Waals surface area (Å²) in [5.74, 6) is 0.210. The number of amides is 2. The van der Waals surface area contributed by atoms with Gasteiger partial charge in [0.05, 0.1) is 27.9 Å². The molecule has 4 rings (SSSR count). The lowest BCUT2D eigenvalue weighted by molar-refractivity contribution is -0.134. The van der Waals surface area contributed by atoms with E-state index in [1.165, 1.54) is 7.11 Å². The summed E-state index contributed by atoms with van der Waals surface area (Å²) in [6.07, 6.45) is 0. The van der Waals surface area contributed by atoms with E-state index in [-0.39, 0.29) is 16.9 Å². The lowest BCUT2D eigenvalue weighted by Crippen LogP contribution is -2.50. The Hall–Kier alpha value is -2.88. The van der Waals surface area contributed by atoms with E-state index in [0.717, 1.165) is 16.5 Å². The van der Waals surface area contributed by atoms with Crippen LogP contribution in [0.2, 0.25) is 5.02 Å². The second-order valence-electron chi connectivity index (χ2n) is 9.03. The predicted molar refractivity (Wildman–Crippen MR) is 157 cm³/mol. The summed E-state index contributed by atoms with van der Waals surface area (Å²) in [7, 11) is 1.52. The molecule has 1 heterocycles. The Morgan fingerprint density at radius 2 is 1.78 bits per heavy atom. The summed E-state index contributed by atoms with van der Waals surface area (Å²) in [6.45, 7) is 6.59. The Kier molecular flexibility index (Phi) is 8.56. The van der Waals surface area contributed by atoms with Crippen molar-refractivity contribution in [3.05, 3.63) is 63.6 Å². The SMILES string of the molecule is COc1c(C(=O)NC(=S)Nc2ccc(N3CCN(C(=O)C(C)C)CC3)c(Cl)c2)cc2ccccc2c1Br. The highest BCUT2D eigenvalue weighted by molar-refractivity contribution is 9.10. The number of anilines is 2. The monoisotopic (exact) mass is 602 g/mol. The van der Waals surface area contributed by atoms with Crippen molar-refractivity contribution in [3.63, 3.8) is 0 Å². The van der Waals surface area contributed by atoms with E-state index >= 15 is 0 Å². The molecule has 37 heavy (non-hydrogen) atoms. The zero-order valence-electron chi connectivity index (χ0n) is 20.8. The van der Waals surface area contributed by atoms with Crippen LogP contribution in [0.5, 0.6) is 5.75 Å². The van der Waals surface area contributed by atoms with Crippen LogP contribution in [0.15, 0.2) is 53.0 Å². The first kappa shape index (κ1) is 27.2. The van der Waals surface area contributed by atoms with Gasteiger partial charge < -0.3 is 19.9 Å². The number of hydrogen-bond donors (Lipinski definition) is 2. The number of rotatable bonds is 5. The summed E-state index contributed by atoms with van der Waals surface area (Å²) in [6, 6.07) is 15.0.